The molecule has 0 atom stereocenters. The van der Waals surface area contributed by atoms with Crippen LogP contribution in [0.3, 0.4) is 0 Å². The van der Waals surface area contributed by atoms with E-state index in [4.69, 9.17) is 20.9 Å². The molecule has 7 heteroatoms. The Hall–Kier alpha value is -2.60. The molecule has 134 valence electrons. The van der Waals surface area contributed by atoms with Crippen molar-refractivity contribution in [2.45, 2.75) is 25.4 Å². The van der Waals surface area contributed by atoms with Crippen molar-refractivity contribution in [2.75, 3.05) is 13.1 Å². The minimum atomic E-state index is 0.0480. The number of rotatable bonds is 4. The predicted molar refractivity (Wildman–Crippen MR) is 97.2 cm³/mol. The lowest BCUT2D eigenvalue weighted by Crippen LogP contribution is -2.42. The molecule has 26 heavy (non-hydrogen) atoms. The summed E-state index contributed by atoms with van der Waals surface area (Å²) in [5.74, 6) is 0.699. The van der Waals surface area contributed by atoms with Gasteiger partial charge in [-0.15, -0.1) is 0 Å². The number of aromatic nitrogens is 2. The molecule has 0 radical (unpaired) electrons. The standard InChI is InChI=1S/C19H18ClN3O3/c20-15-12-21-8-5-18(15)25-13-6-9-23(10-7-13)19(24)11-16-14-3-1-2-4-17(14)26-22-16/h1-5,8,12-13H,6-7,9-11H2. The molecule has 0 spiro atoms. The van der Waals surface area contributed by atoms with Crippen molar-refractivity contribution >= 4 is 28.5 Å². The fraction of sp³-hybridized carbons (Fsp3) is 0.316. The van der Waals surface area contributed by atoms with Crippen LogP contribution in [0.15, 0.2) is 47.2 Å². The first-order valence-corrected chi connectivity index (χ1v) is 8.96. The summed E-state index contributed by atoms with van der Waals surface area (Å²) in [6, 6.07) is 9.34. The van der Waals surface area contributed by atoms with E-state index in [1.54, 1.807) is 18.5 Å². The Kier molecular flexibility index (Phi) is 4.75. The van der Waals surface area contributed by atoms with Crippen LogP contribution in [0.1, 0.15) is 18.5 Å². The van der Waals surface area contributed by atoms with Gasteiger partial charge in [-0.25, -0.2) is 0 Å². The van der Waals surface area contributed by atoms with Crippen molar-refractivity contribution in [1.29, 1.82) is 0 Å². The number of hydrogen-bond donors (Lipinski definition) is 0. The maximum Gasteiger partial charge on any atom is 0.228 e. The summed E-state index contributed by atoms with van der Waals surface area (Å²) < 4.78 is 11.2. The van der Waals surface area contributed by atoms with Gasteiger partial charge >= 0.3 is 0 Å². The van der Waals surface area contributed by atoms with Gasteiger partial charge in [0.05, 0.1) is 6.42 Å². The first-order chi connectivity index (χ1) is 12.7. The summed E-state index contributed by atoms with van der Waals surface area (Å²) in [6.07, 6.45) is 5.05. The van der Waals surface area contributed by atoms with E-state index in [1.165, 1.54) is 0 Å². The maximum atomic E-state index is 12.6. The molecule has 1 fully saturated rings. The number of benzene rings is 1. The van der Waals surface area contributed by atoms with Gasteiger partial charge < -0.3 is 14.2 Å². The molecule has 1 aliphatic heterocycles. The number of hydrogen-bond acceptors (Lipinski definition) is 5. The highest BCUT2D eigenvalue weighted by atomic mass is 35.5. The number of para-hydroxylation sites is 1. The van der Waals surface area contributed by atoms with Crippen molar-refractivity contribution in [3.8, 4) is 5.75 Å². The number of nitrogens with zero attached hydrogens (tertiary/aromatic N) is 3. The molecule has 3 heterocycles. The van der Waals surface area contributed by atoms with Crippen molar-refractivity contribution in [1.82, 2.24) is 15.0 Å². The summed E-state index contributed by atoms with van der Waals surface area (Å²) in [5.41, 5.74) is 1.39. The Balaban J connectivity index is 1.34. The molecule has 0 N–H and O–H groups in total. The second kappa shape index (κ2) is 7.33. The Morgan fingerprint density at radius 2 is 2.08 bits per heavy atom. The zero-order chi connectivity index (χ0) is 17.9. The van der Waals surface area contributed by atoms with Crippen LogP contribution in [0.25, 0.3) is 11.0 Å². The summed E-state index contributed by atoms with van der Waals surface area (Å²) in [4.78, 5) is 18.4. The number of halogens is 1. The molecule has 0 aliphatic carbocycles. The van der Waals surface area contributed by atoms with Gasteiger partial charge in [0.25, 0.3) is 0 Å². The van der Waals surface area contributed by atoms with Crippen LogP contribution in [0, 0.1) is 0 Å². The Morgan fingerprint density at radius 3 is 2.88 bits per heavy atom. The number of piperidine rings is 1. The third-order valence-corrected chi connectivity index (χ3v) is 4.88. The zero-order valence-electron chi connectivity index (χ0n) is 14.1. The number of carbonyl (C=O) groups is 1. The number of likely N-dealkylation sites (tertiary alicyclic amines) is 1. The minimum absolute atomic E-state index is 0.0480. The van der Waals surface area contributed by atoms with Crippen LogP contribution >= 0.6 is 11.6 Å². The number of ether oxygens (including phenoxy) is 1. The van der Waals surface area contributed by atoms with Crippen LogP contribution in [-0.2, 0) is 11.2 Å². The molecule has 2 aromatic heterocycles. The highest BCUT2D eigenvalue weighted by Crippen LogP contribution is 2.26. The van der Waals surface area contributed by atoms with Gasteiger partial charge in [-0.1, -0.05) is 28.9 Å². The third-order valence-electron chi connectivity index (χ3n) is 4.59. The quantitative estimate of drug-likeness (QED) is 0.702. The van der Waals surface area contributed by atoms with Crippen molar-refractivity contribution in [3.63, 3.8) is 0 Å². The highest BCUT2D eigenvalue weighted by Gasteiger charge is 2.25. The molecule has 0 saturated carbocycles. The molecule has 0 unspecified atom stereocenters. The molecule has 1 amide bonds. The van der Waals surface area contributed by atoms with E-state index in [9.17, 15) is 4.79 Å². The molecule has 4 rings (SSSR count). The largest absolute Gasteiger partial charge is 0.489 e. The lowest BCUT2D eigenvalue weighted by atomic mass is 10.1. The topological polar surface area (TPSA) is 68.5 Å². The van der Waals surface area contributed by atoms with Crippen LogP contribution in [0.2, 0.25) is 5.02 Å². The highest BCUT2D eigenvalue weighted by molar-refractivity contribution is 6.31. The third kappa shape index (κ3) is 3.51. The SMILES string of the molecule is O=C(Cc1noc2ccccc12)N1CCC(Oc2ccncc2Cl)CC1. The molecular weight excluding hydrogens is 354 g/mol. The molecule has 3 aromatic rings. The first kappa shape index (κ1) is 16.8. The number of carbonyl (C=O) groups excluding carboxylic acids is 1. The van der Waals surface area contributed by atoms with Gasteiger partial charge in [-0.05, 0) is 12.1 Å². The molecular formula is C19H18ClN3O3. The molecule has 1 aromatic carbocycles. The normalized spacial score (nSPS) is 15.3. The van der Waals surface area contributed by atoms with Crippen LogP contribution in [-0.4, -0.2) is 40.1 Å². The Labute approximate surface area is 155 Å². The van der Waals surface area contributed by atoms with E-state index in [-0.39, 0.29) is 18.4 Å². The monoisotopic (exact) mass is 371 g/mol. The minimum Gasteiger partial charge on any atom is -0.489 e. The molecule has 0 bridgehead atoms. The van der Waals surface area contributed by atoms with Crippen molar-refractivity contribution in [2.24, 2.45) is 0 Å². The van der Waals surface area contributed by atoms with Gasteiger partial charge in [-0.2, -0.15) is 0 Å². The first-order valence-electron chi connectivity index (χ1n) is 8.58. The van der Waals surface area contributed by atoms with Gasteiger partial charge in [0.1, 0.15) is 22.6 Å². The van der Waals surface area contributed by atoms with Gasteiger partial charge in [-0.3, -0.25) is 9.78 Å². The molecule has 6 nitrogen and oxygen atoms in total. The number of amides is 1. The fourth-order valence-corrected chi connectivity index (χ4v) is 3.35. The summed E-state index contributed by atoms with van der Waals surface area (Å²) >= 11 is 6.08. The van der Waals surface area contributed by atoms with Crippen LogP contribution in [0.4, 0.5) is 0 Å². The van der Waals surface area contributed by atoms with Crippen LogP contribution < -0.4 is 4.74 Å². The molecule has 1 saturated heterocycles. The maximum absolute atomic E-state index is 12.6. The van der Waals surface area contributed by atoms with E-state index in [0.29, 0.717) is 35.1 Å². The van der Waals surface area contributed by atoms with Crippen LogP contribution in [0.5, 0.6) is 5.75 Å². The number of pyridine rings is 1. The van der Waals surface area contributed by atoms with E-state index < -0.39 is 0 Å². The van der Waals surface area contributed by atoms with E-state index in [2.05, 4.69) is 10.1 Å². The summed E-state index contributed by atoms with van der Waals surface area (Å²) in [6.45, 7) is 1.31. The number of fused-ring (bicyclic) bond motifs is 1. The summed E-state index contributed by atoms with van der Waals surface area (Å²) in [7, 11) is 0. The lowest BCUT2D eigenvalue weighted by Gasteiger charge is -2.32. The predicted octanol–water partition coefficient (Wildman–Crippen LogP) is 3.49. The average molecular weight is 372 g/mol. The molecule has 1 aliphatic rings. The average Bonchev–Trinajstić information content (AvgIpc) is 3.07. The van der Waals surface area contributed by atoms with E-state index >= 15 is 0 Å². The zero-order valence-corrected chi connectivity index (χ0v) is 14.9. The summed E-state index contributed by atoms with van der Waals surface area (Å²) in [5, 5.41) is 5.44. The van der Waals surface area contributed by atoms with Gasteiger partial charge in [0.2, 0.25) is 5.91 Å². The van der Waals surface area contributed by atoms with Gasteiger partial charge in [0, 0.05) is 49.8 Å². The van der Waals surface area contributed by atoms with Crippen molar-refractivity contribution in [3.05, 3.63) is 53.4 Å². The Morgan fingerprint density at radius 1 is 1.27 bits per heavy atom. The van der Waals surface area contributed by atoms with Gasteiger partial charge in [0.15, 0.2) is 5.58 Å². The fourth-order valence-electron chi connectivity index (χ4n) is 3.18. The Bertz CT molecular complexity index is 919. The smallest absolute Gasteiger partial charge is 0.228 e. The van der Waals surface area contributed by atoms with E-state index in [1.807, 2.05) is 29.2 Å². The lowest BCUT2D eigenvalue weighted by molar-refractivity contribution is -0.132. The second-order valence-corrected chi connectivity index (χ2v) is 6.71. The second-order valence-electron chi connectivity index (χ2n) is 6.31. The van der Waals surface area contributed by atoms with E-state index in [0.717, 1.165) is 18.2 Å². The van der Waals surface area contributed by atoms with Crippen molar-refractivity contribution < 1.29 is 14.1 Å².